The van der Waals surface area contributed by atoms with E-state index in [1.807, 2.05) is 4.83 Å². The molecule has 0 aliphatic rings. The minimum atomic E-state index is -3.45. The van der Waals surface area contributed by atoms with Gasteiger partial charge in [-0.05, 0) is 6.07 Å². The molecule has 0 amide bonds. The van der Waals surface area contributed by atoms with Crippen LogP contribution >= 0.6 is 0 Å². The van der Waals surface area contributed by atoms with E-state index >= 15 is 0 Å². The van der Waals surface area contributed by atoms with Gasteiger partial charge in [0, 0.05) is 6.07 Å². The number of hydrazine groups is 1. The van der Waals surface area contributed by atoms with E-state index in [0.29, 0.717) is 0 Å². The van der Waals surface area contributed by atoms with Gasteiger partial charge in [0.15, 0.2) is 0 Å². The maximum Gasteiger partial charge on any atom is 0.293 e. The Labute approximate surface area is 86.3 Å². The van der Waals surface area contributed by atoms with Crippen molar-refractivity contribution in [3.63, 3.8) is 0 Å². The highest BCUT2D eigenvalue weighted by Crippen LogP contribution is 2.22. The van der Waals surface area contributed by atoms with Gasteiger partial charge in [0.05, 0.1) is 11.2 Å². The van der Waals surface area contributed by atoms with Crippen molar-refractivity contribution < 1.29 is 13.3 Å². The fourth-order valence-corrected chi connectivity index (χ4v) is 1.18. The monoisotopic (exact) mass is 231 g/mol. The molecule has 1 rings (SSSR count). The topological polar surface area (TPSA) is 101 Å². The van der Waals surface area contributed by atoms with Gasteiger partial charge in [-0.2, -0.15) is 0 Å². The van der Waals surface area contributed by atoms with Crippen molar-refractivity contribution in [2.24, 2.45) is 0 Å². The molecule has 0 fully saturated rings. The van der Waals surface area contributed by atoms with E-state index in [1.165, 1.54) is 18.2 Å². The minimum Gasteiger partial charge on any atom is -0.302 e. The van der Waals surface area contributed by atoms with Crippen LogP contribution in [-0.2, 0) is 10.0 Å². The molecule has 0 atom stereocenters. The standard InChI is InChI=1S/C7H9N3O4S/c1-15(13,14)9-8-6-4-2-3-5-7(6)10(11)12/h2-5,8-9H,1H3. The molecule has 2 N–H and O–H groups in total. The Morgan fingerprint density at radius 3 is 2.47 bits per heavy atom. The molecule has 0 saturated heterocycles. The Kier molecular flexibility index (Phi) is 3.22. The molecule has 0 aromatic heterocycles. The number of para-hydroxylation sites is 2. The summed E-state index contributed by atoms with van der Waals surface area (Å²) in [5.41, 5.74) is 2.15. The van der Waals surface area contributed by atoms with Crippen molar-refractivity contribution in [2.45, 2.75) is 0 Å². The molecule has 0 radical (unpaired) electrons. The van der Waals surface area contributed by atoms with Crippen LogP contribution in [0.15, 0.2) is 24.3 Å². The van der Waals surface area contributed by atoms with Gasteiger partial charge in [0.1, 0.15) is 5.69 Å². The van der Waals surface area contributed by atoms with E-state index in [-0.39, 0.29) is 11.4 Å². The second-order valence-electron chi connectivity index (χ2n) is 2.77. The lowest BCUT2D eigenvalue weighted by Gasteiger charge is -2.06. The van der Waals surface area contributed by atoms with Gasteiger partial charge in [-0.1, -0.05) is 12.1 Å². The number of hydrogen-bond acceptors (Lipinski definition) is 5. The Hall–Kier alpha value is -1.67. The first-order valence-electron chi connectivity index (χ1n) is 3.86. The van der Waals surface area contributed by atoms with E-state index in [2.05, 4.69) is 5.43 Å². The third-order valence-electron chi connectivity index (χ3n) is 1.47. The summed E-state index contributed by atoms with van der Waals surface area (Å²) in [7, 11) is -3.45. The summed E-state index contributed by atoms with van der Waals surface area (Å²) in [5, 5.41) is 10.5. The number of anilines is 1. The molecule has 8 heteroatoms. The summed E-state index contributed by atoms with van der Waals surface area (Å²) in [6, 6.07) is 5.71. The number of nitrogens with one attached hydrogen (secondary N) is 2. The summed E-state index contributed by atoms with van der Waals surface area (Å²) in [6.07, 6.45) is 0.939. The van der Waals surface area contributed by atoms with E-state index in [9.17, 15) is 18.5 Å². The zero-order valence-electron chi connectivity index (χ0n) is 7.80. The highest BCUT2D eigenvalue weighted by atomic mass is 32.2. The van der Waals surface area contributed by atoms with Crippen LogP contribution in [0.25, 0.3) is 0 Å². The van der Waals surface area contributed by atoms with Crippen molar-refractivity contribution in [3.05, 3.63) is 34.4 Å². The molecule has 82 valence electrons. The van der Waals surface area contributed by atoms with Crippen molar-refractivity contribution >= 4 is 21.4 Å². The van der Waals surface area contributed by atoms with Gasteiger partial charge in [0.25, 0.3) is 5.69 Å². The number of rotatable bonds is 4. The Balaban J connectivity index is 2.90. The molecule has 0 saturated carbocycles. The average molecular weight is 231 g/mol. The van der Waals surface area contributed by atoms with Crippen LogP contribution in [0.1, 0.15) is 0 Å². The Bertz CT molecular complexity index is 471. The molecule has 0 heterocycles. The molecule has 0 bridgehead atoms. The van der Waals surface area contributed by atoms with Crippen LogP contribution in [0, 0.1) is 10.1 Å². The van der Waals surface area contributed by atoms with Crippen LogP contribution in [-0.4, -0.2) is 19.6 Å². The maximum atomic E-state index is 10.7. The average Bonchev–Trinajstić information content (AvgIpc) is 2.14. The van der Waals surface area contributed by atoms with Crippen molar-refractivity contribution in [2.75, 3.05) is 11.7 Å². The van der Waals surface area contributed by atoms with E-state index < -0.39 is 14.9 Å². The van der Waals surface area contributed by atoms with Crippen LogP contribution < -0.4 is 10.3 Å². The molecule has 7 nitrogen and oxygen atoms in total. The molecule has 0 spiro atoms. The van der Waals surface area contributed by atoms with Crippen LogP contribution in [0.5, 0.6) is 0 Å². The molecular formula is C7H9N3O4S. The molecule has 0 aliphatic heterocycles. The van der Waals surface area contributed by atoms with Gasteiger partial charge in [-0.25, -0.2) is 8.42 Å². The smallest absolute Gasteiger partial charge is 0.293 e. The summed E-state index contributed by atoms with van der Waals surface area (Å²) in [6.45, 7) is 0. The highest BCUT2D eigenvalue weighted by Gasteiger charge is 2.12. The zero-order chi connectivity index (χ0) is 11.5. The summed E-state index contributed by atoms with van der Waals surface area (Å²) >= 11 is 0. The van der Waals surface area contributed by atoms with Crippen molar-refractivity contribution in [1.29, 1.82) is 0 Å². The first-order valence-corrected chi connectivity index (χ1v) is 5.75. The molecule has 15 heavy (non-hydrogen) atoms. The zero-order valence-corrected chi connectivity index (χ0v) is 8.61. The largest absolute Gasteiger partial charge is 0.302 e. The Morgan fingerprint density at radius 2 is 1.93 bits per heavy atom. The number of nitrogens with zero attached hydrogens (tertiary/aromatic N) is 1. The highest BCUT2D eigenvalue weighted by molar-refractivity contribution is 7.88. The summed E-state index contributed by atoms with van der Waals surface area (Å²) in [4.78, 5) is 11.9. The third-order valence-corrected chi connectivity index (χ3v) is 1.94. The molecular weight excluding hydrogens is 222 g/mol. The lowest BCUT2D eigenvalue weighted by atomic mass is 10.3. The van der Waals surface area contributed by atoms with Gasteiger partial charge in [-0.3, -0.25) is 10.1 Å². The van der Waals surface area contributed by atoms with Gasteiger partial charge >= 0.3 is 0 Å². The van der Waals surface area contributed by atoms with E-state index in [0.717, 1.165) is 6.26 Å². The molecule has 1 aromatic carbocycles. The third kappa shape index (κ3) is 3.52. The summed E-state index contributed by atoms with van der Waals surface area (Å²) < 4.78 is 21.5. The minimum absolute atomic E-state index is 0.0907. The predicted molar refractivity (Wildman–Crippen MR) is 54.7 cm³/mol. The molecule has 0 unspecified atom stereocenters. The normalized spacial score (nSPS) is 11.0. The predicted octanol–water partition coefficient (Wildman–Crippen LogP) is 0.471. The summed E-state index contributed by atoms with van der Waals surface area (Å²) in [5.74, 6) is 0. The van der Waals surface area contributed by atoms with E-state index in [1.54, 1.807) is 6.07 Å². The number of sulfonamides is 1. The number of benzene rings is 1. The number of hydrogen-bond donors (Lipinski definition) is 2. The fraction of sp³-hybridized carbons (Fsp3) is 0.143. The van der Waals surface area contributed by atoms with Gasteiger partial charge in [-0.15, -0.1) is 4.83 Å². The number of nitro benzene ring substituents is 1. The SMILES string of the molecule is CS(=O)(=O)NNc1ccccc1[N+](=O)[O-]. The van der Waals surface area contributed by atoms with Crippen molar-refractivity contribution in [3.8, 4) is 0 Å². The van der Waals surface area contributed by atoms with E-state index in [4.69, 9.17) is 0 Å². The number of nitro groups is 1. The van der Waals surface area contributed by atoms with Crippen LogP contribution in [0.4, 0.5) is 11.4 Å². The van der Waals surface area contributed by atoms with Crippen LogP contribution in [0.3, 0.4) is 0 Å². The molecule has 0 aliphatic carbocycles. The lowest BCUT2D eigenvalue weighted by Crippen LogP contribution is -2.28. The molecule has 1 aromatic rings. The first kappa shape index (κ1) is 11.4. The quantitative estimate of drug-likeness (QED) is 0.579. The lowest BCUT2D eigenvalue weighted by molar-refractivity contribution is -0.384. The maximum absolute atomic E-state index is 10.7. The second-order valence-corrected chi connectivity index (χ2v) is 4.52. The van der Waals surface area contributed by atoms with Gasteiger partial charge in [0.2, 0.25) is 10.0 Å². The van der Waals surface area contributed by atoms with Crippen LogP contribution in [0.2, 0.25) is 0 Å². The Morgan fingerprint density at radius 1 is 1.33 bits per heavy atom. The fourth-order valence-electron chi connectivity index (χ4n) is 0.886. The van der Waals surface area contributed by atoms with Gasteiger partial charge < -0.3 is 5.43 Å². The second kappa shape index (κ2) is 4.24. The first-order chi connectivity index (χ1) is 6.90. The van der Waals surface area contributed by atoms with Crippen molar-refractivity contribution in [1.82, 2.24) is 4.83 Å².